The Balaban J connectivity index is 1.39. The molecule has 1 N–H and O–H groups in total. The summed E-state index contributed by atoms with van der Waals surface area (Å²) in [6.45, 7) is 7.21. The number of nitrogens with one attached hydrogen (secondary N) is 1. The van der Waals surface area contributed by atoms with Gasteiger partial charge in [-0.15, -0.1) is 0 Å². The third-order valence-corrected chi connectivity index (χ3v) is 6.14. The Morgan fingerprint density at radius 2 is 1.87 bits per heavy atom. The number of hydrogen-bond donors (Lipinski definition) is 1. The standard InChI is InChI=1S/C24H37N3O3/c1-24(2,17-26(3)4)16-25-23(29)19-10-12-27(13-11-19)22(28)15-30-21-9-8-18-6-5-7-20(18)14-21/h8-9,14,19H,5-7,10-13,15-17H2,1-4H3,(H,25,29). The molecule has 1 fully saturated rings. The Morgan fingerprint density at radius 1 is 1.17 bits per heavy atom. The summed E-state index contributed by atoms with van der Waals surface area (Å²) in [4.78, 5) is 29.1. The maximum absolute atomic E-state index is 12.6. The van der Waals surface area contributed by atoms with Crippen molar-refractivity contribution < 1.29 is 14.3 Å². The summed E-state index contributed by atoms with van der Waals surface area (Å²) in [5.74, 6) is 0.880. The van der Waals surface area contributed by atoms with E-state index in [4.69, 9.17) is 4.74 Å². The fourth-order valence-electron chi connectivity index (χ4n) is 4.65. The Hall–Kier alpha value is -2.08. The largest absolute Gasteiger partial charge is 0.484 e. The number of hydrogen-bond acceptors (Lipinski definition) is 4. The van der Waals surface area contributed by atoms with E-state index in [1.807, 2.05) is 25.1 Å². The van der Waals surface area contributed by atoms with E-state index in [2.05, 4.69) is 36.2 Å². The molecule has 1 aliphatic heterocycles. The zero-order chi connectivity index (χ0) is 21.7. The second-order valence-corrected chi connectivity index (χ2v) is 9.85. The first-order valence-electron chi connectivity index (χ1n) is 11.2. The van der Waals surface area contributed by atoms with Gasteiger partial charge < -0.3 is 19.9 Å². The van der Waals surface area contributed by atoms with E-state index in [0.29, 0.717) is 32.5 Å². The molecule has 0 saturated carbocycles. The highest BCUT2D eigenvalue weighted by Crippen LogP contribution is 2.26. The van der Waals surface area contributed by atoms with Crippen molar-refractivity contribution in [2.75, 3.05) is 46.9 Å². The molecule has 0 unspecified atom stereocenters. The molecule has 6 nitrogen and oxygen atoms in total. The second kappa shape index (κ2) is 9.82. The summed E-state index contributed by atoms with van der Waals surface area (Å²) in [5.41, 5.74) is 2.78. The van der Waals surface area contributed by atoms with Crippen molar-refractivity contribution in [3.05, 3.63) is 29.3 Å². The van der Waals surface area contributed by atoms with Crippen molar-refractivity contribution in [3.8, 4) is 5.75 Å². The lowest BCUT2D eigenvalue weighted by Gasteiger charge is -2.33. The average molecular weight is 416 g/mol. The third kappa shape index (κ3) is 6.21. The van der Waals surface area contributed by atoms with Gasteiger partial charge in [-0.25, -0.2) is 0 Å². The molecule has 0 aromatic heterocycles. The molecule has 1 aromatic carbocycles. The molecule has 30 heavy (non-hydrogen) atoms. The van der Waals surface area contributed by atoms with Gasteiger partial charge in [-0.05, 0) is 74.9 Å². The summed E-state index contributed by atoms with van der Waals surface area (Å²) < 4.78 is 5.75. The van der Waals surface area contributed by atoms with Crippen LogP contribution in [0.15, 0.2) is 18.2 Å². The normalized spacial score (nSPS) is 17.2. The SMILES string of the molecule is CN(C)CC(C)(C)CNC(=O)C1CCN(C(=O)COc2ccc3c(c2)CCC3)CC1. The maximum atomic E-state index is 12.6. The first kappa shape index (κ1) is 22.6. The molecule has 0 atom stereocenters. The molecule has 1 aliphatic carbocycles. The van der Waals surface area contributed by atoms with Crippen LogP contribution in [0.25, 0.3) is 0 Å². The van der Waals surface area contributed by atoms with E-state index >= 15 is 0 Å². The van der Waals surface area contributed by atoms with Crippen molar-refractivity contribution in [2.24, 2.45) is 11.3 Å². The Labute approximate surface area is 180 Å². The molecular weight excluding hydrogens is 378 g/mol. The Bertz CT molecular complexity index is 752. The zero-order valence-corrected chi connectivity index (χ0v) is 19.0. The van der Waals surface area contributed by atoms with E-state index in [9.17, 15) is 9.59 Å². The molecule has 3 rings (SSSR count). The number of benzene rings is 1. The van der Waals surface area contributed by atoms with Gasteiger partial charge in [0.05, 0.1) is 0 Å². The van der Waals surface area contributed by atoms with Crippen molar-refractivity contribution in [1.29, 1.82) is 0 Å². The summed E-state index contributed by atoms with van der Waals surface area (Å²) >= 11 is 0. The van der Waals surface area contributed by atoms with E-state index < -0.39 is 0 Å². The van der Waals surface area contributed by atoms with Gasteiger partial charge in [-0.2, -0.15) is 0 Å². The second-order valence-electron chi connectivity index (χ2n) is 9.85. The van der Waals surface area contributed by atoms with Crippen molar-refractivity contribution in [2.45, 2.75) is 46.0 Å². The summed E-state index contributed by atoms with van der Waals surface area (Å²) in [7, 11) is 4.09. The predicted octanol–water partition coefficient (Wildman–Crippen LogP) is 2.50. The number of fused-ring (bicyclic) bond motifs is 1. The Morgan fingerprint density at radius 3 is 2.57 bits per heavy atom. The van der Waals surface area contributed by atoms with Gasteiger partial charge in [-0.3, -0.25) is 9.59 Å². The number of aryl methyl sites for hydroxylation is 2. The molecule has 1 aromatic rings. The molecule has 6 heteroatoms. The van der Waals surface area contributed by atoms with Gasteiger partial charge in [0.1, 0.15) is 5.75 Å². The van der Waals surface area contributed by atoms with Crippen LogP contribution < -0.4 is 10.1 Å². The lowest BCUT2D eigenvalue weighted by atomic mass is 9.91. The first-order chi connectivity index (χ1) is 14.2. The number of carbonyl (C=O) groups excluding carboxylic acids is 2. The lowest BCUT2D eigenvalue weighted by Crippen LogP contribution is -2.46. The fourth-order valence-corrected chi connectivity index (χ4v) is 4.65. The van der Waals surface area contributed by atoms with E-state index in [-0.39, 0.29) is 29.8 Å². The van der Waals surface area contributed by atoms with Crippen LogP contribution in [0.1, 0.15) is 44.2 Å². The van der Waals surface area contributed by atoms with Crippen LogP contribution in [0, 0.1) is 11.3 Å². The fraction of sp³-hybridized carbons (Fsp3) is 0.667. The van der Waals surface area contributed by atoms with Crippen LogP contribution in [0.3, 0.4) is 0 Å². The van der Waals surface area contributed by atoms with Gasteiger partial charge in [0, 0.05) is 32.1 Å². The first-order valence-corrected chi connectivity index (χ1v) is 11.2. The smallest absolute Gasteiger partial charge is 0.260 e. The number of rotatable bonds is 8. The van der Waals surface area contributed by atoms with Gasteiger partial charge in [0.2, 0.25) is 5.91 Å². The maximum Gasteiger partial charge on any atom is 0.260 e. The molecule has 2 amide bonds. The summed E-state index contributed by atoms with van der Waals surface area (Å²) in [6.07, 6.45) is 4.87. The van der Waals surface area contributed by atoms with Gasteiger partial charge >= 0.3 is 0 Å². The molecular formula is C24H37N3O3. The van der Waals surface area contributed by atoms with Crippen molar-refractivity contribution in [3.63, 3.8) is 0 Å². The van der Waals surface area contributed by atoms with Gasteiger partial charge in [-0.1, -0.05) is 19.9 Å². The summed E-state index contributed by atoms with van der Waals surface area (Å²) in [6, 6.07) is 6.15. The van der Waals surface area contributed by atoms with E-state index in [0.717, 1.165) is 25.1 Å². The quantitative estimate of drug-likeness (QED) is 0.709. The van der Waals surface area contributed by atoms with Gasteiger partial charge in [0.15, 0.2) is 6.61 Å². The number of likely N-dealkylation sites (tertiary alicyclic amines) is 1. The lowest BCUT2D eigenvalue weighted by molar-refractivity contribution is -0.137. The molecule has 0 bridgehead atoms. The number of carbonyl (C=O) groups is 2. The minimum atomic E-state index is -0.0122. The monoisotopic (exact) mass is 415 g/mol. The third-order valence-electron chi connectivity index (χ3n) is 6.14. The van der Waals surface area contributed by atoms with Crippen LogP contribution in [0.5, 0.6) is 5.75 Å². The molecule has 0 spiro atoms. The topological polar surface area (TPSA) is 61.9 Å². The number of ether oxygens (including phenoxy) is 1. The number of amides is 2. The molecule has 1 heterocycles. The van der Waals surface area contributed by atoms with Crippen molar-refractivity contribution >= 4 is 11.8 Å². The molecule has 0 radical (unpaired) electrons. The Kier molecular flexibility index (Phi) is 7.40. The molecule has 1 saturated heterocycles. The predicted molar refractivity (Wildman–Crippen MR) is 119 cm³/mol. The minimum absolute atomic E-state index is 0.00136. The van der Waals surface area contributed by atoms with Crippen molar-refractivity contribution in [1.82, 2.24) is 15.1 Å². The van der Waals surface area contributed by atoms with Crippen LogP contribution >= 0.6 is 0 Å². The van der Waals surface area contributed by atoms with Crippen LogP contribution in [0.4, 0.5) is 0 Å². The molecule has 2 aliphatic rings. The number of piperidine rings is 1. The number of nitrogens with zero attached hydrogens (tertiary/aromatic N) is 2. The van der Waals surface area contributed by atoms with E-state index in [1.54, 1.807) is 0 Å². The highest BCUT2D eigenvalue weighted by Gasteiger charge is 2.29. The minimum Gasteiger partial charge on any atom is -0.484 e. The average Bonchev–Trinajstić information content (AvgIpc) is 3.17. The highest BCUT2D eigenvalue weighted by molar-refractivity contribution is 5.80. The van der Waals surface area contributed by atoms with Gasteiger partial charge in [0.25, 0.3) is 5.91 Å². The molecule has 166 valence electrons. The summed E-state index contributed by atoms with van der Waals surface area (Å²) in [5, 5.41) is 3.12. The van der Waals surface area contributed by atoms with Crippen LogP contribution in [0.2, 0.25) is 0 Å². The van der Waals surface area contributed by atoms with E-state index in [1.165, 1.54) is 17.5 Å². The van der Waals surface area contributed by atoms with Crippen LogP contribution in [-0.4, -0.2) is 68.5 Å². The van der Waals surface area contributed by atoms with Crippen LogP contribution in [-0.2, 0) is 22.4 Å². The highest BCUT2D eigenvalue weighted by atomic mass is 16.5. The zero-order valence-electron chi connectivity index (χ0n) is 19.0.